The molecule has 2 unspecified atom stereocenters. The highest BCUT2D eigenvalue weighted by Crippen LogP contribution is 2.45. The summed E-state index contributed by atoms with van der Waals surface area (Å²) in [6.07, 6.45) is -4.55. The first kappa shape index (κ1) is 72.9. The lowest BCUT2D eigenvalue weighted by molar-refractivity contribution is -0.138. The number of benzene rings is 6. The number of halogens is 7. The van der Waals surface area contributed by atoms with E-state index in [1.807, 2.05) is 6.07 Å². The third-order valence-electron chi connectivity index (χ3n) is 17.4. The van der Waals surface area contributed by atoms with Crippen molar-refractivity contribution >= 4 is 84.3 Å². The summed E-state index contributed by atoms with van der Waals surface area (Å²) in [5, 5.41) is 11.7. The third-order valence-corrected chi connectivity index (χ3v) is 19.5. The van der Waals surface area contributed by atoms with Crippen molar-refractivity contribution in [3.05, 3.63) is 197 Å². The van der Waals surface area contributed by atoms with Crippen molar-refractivity contribution in [2.45, 2.75) is 70.6 Å². The largest absolute Gasteiger partial charge is 0.497 e. The smallest absolute Gasteiger partial charge is 0.417 e. The van der Waals surface area contributed by atoms with Gasteiger partial charge in [-0.05, 0) is 162 Å². The molecule has 20 nitrogen and oxygen atoms in total. The lowest BCUT2D eigenvalue weighted by Gasteiger charge is -2.30. The number of hydrogen-bond acceptors (Lipinski definition) is 18. The van der Waals surface area contributed by atoms with Gasteiger partial charge in [0, 0.05) is 72.9 Å². The van der Waals surface area contributed by atoms with Crippen LogP contribution in [0.15, 0.2) is 158 Å². The minimum atomic E-state index is -4.64. The van der Waals surface area contributed by atoms with E-state index >= 15 is 0 Å². The minimum Gasteiger partial charge on any atom is -0.497 e. The summed E-state index contributed by atoms with van der Waals surface area (Å²) >= 11 is 2.18. The normalized spacial score (nSPS) is 15.8. The van der Waals surface area contributed by atoms with E-state index in [9.17, 15) is 54.7 Å². The van der Waals surface area contributed by atoms with Crippen molar-refractivity contribution in [3.63, 3.8) is 0 Å². The lowest BCUT2D eigenvalue weighted by atomic mass is 9.99. The second-order valence-corrected chi connectivity index (χ2v) is 26.3. The zero-order valence-corrected chi connectivity index (χ0v) is 56.5. The molecule has 0 radical (unpaired) electrons. The Bertz CT molecular complexity index is 4940. The fourth-order valence-electron chi connectivity index (χ4n) is 12.4. The molecule has 2 atom stereocenters. The molecule has 6 aromatic carbocycles. The zero-order chi connectivity index (χ0) is 72.1. The SMILES string of the molecule is C.C=C1CCC(N2Cc3cc(OCCOCCNc4cc(-c5ccc(-c6nc7ccc(F)cc7s6)c(C(F)(F)F)c5)ccn4)ccc3C2=O)C(=O)N1.COc1ccc2nc(-c3ccc(-c4ccnc(NCCOCCOc5ccc6c(c5)CN(C5CCC(=O)NC5=O)C6=O)c4)cc3C(F)(F)F)sc2c1. The van der Waals surface area contributed by atoms with Crippen molar-refractivity contribution in [2.24, 2.45) is 0 Å². The van der Waals surface area contributed by atoms with Gasteiger partial charge in [-0.2, -0.15) is 26.3 Å². The Morgan fingerprint density at radius 1 is 0.529 bits per heavy atom. The predicted molar refractivity (Wildman–Crippen MR) is 379 cm³/mol. The van der Waals surface area contributed by atoms with Crippen LogP contribution in [0.4, 0.5) is 42.4 Å². The van der Waals surface area contributed by atoms with Gasteiger partial charge in [-0.3, -0.25) is 29.3 Å². The number of rotatable bonds is 23. The minimum absolute atomic E-state index is 0. The number of methoxy groups -OCH3 is 1. The number of aromatic nitrogens is 4. The number of ether oxygens (including phenoxy) is 5. The average Bonchev–Trinajstić information content (AvgIpc) is 1.70. The fraction of sp³-hybridized carbons (Fsp3) is 0.267. The Morgan fingerprint density at radius 3 is 1.48 bits per heavy atom. The number of alkyl halides is 6. The lowest BCUT2D eigenvalue weighted by Crippen LogP contribution is -2.52. The first-order chi connectivity index (χ1) is 49.6. The molecule has 104 heavy (non-hydrogen) atoms. The van der Waals surface area contributed by atoms with Crippen LogP contribution in [0.3, 0.4) is 0 Å². The predicted octanol–water partition coefficient (Wildman–Crippen LogP) is 14.4. The van der Waals surface area contributed by atoms with Gasteiger partial charge in [-0.25, -0.2) is 24.3 Å². The highest BCUT2D eigenvalue weighted by molar-refractivity contribution is 7.22. The van der Waals surface area contributed by atoms with Crippen LogP contribution < -0.4 is 35.5 Å². The molecule has 4 aliphatic heterocycles. The van der Waals surface area contributed by atoms with Crippen molar-refractivity contribution in [2.75, 3.05) is 70.5 Å². The van der Waals surface area contributed by atoms with E-state index in [-0.39, 0.29) is 85.0 Å². The Balaban J connectivity index is 0.000000194. The van der Waals surface area contributed by atoms with Gasteiger partial charge < -0.3 is 49.4 Å². The molecule has 4 aliphatic rings. The molecule has 4 aromatic heterocycles. The van der Waals surface area contributed by atoms with Gasteiger partial charge in [0.15, 0.2) is 0 Å². The van der Waals surface area contributed by atoms with E-state index in [1.165, 1.54) is 66.1 Å². The molecular formula is C75H67F7N10O10S2. The fourth-order valence-corrected chi connectivity index (χ4v) is 14.4. The monoisotopic (exact) mass is 1460 g/mol. The van der Waals surface area contributed by atoms with Crippen LogP contribution in [-0.2, 0) is 49.3 Å². The Hall–Kier alpha value is -10.9. The van der Waals surface area contributed by atoms with E-state index in [0.29, 0.717) is 142 Å². The van der Waals surface area contributed by atoms with Gasteiger partial charge in [0.2, 0.25) is 17.7 Å². The van der Waals surface area contributed by atoms with Gasteiger partial charge >= 0.3 is 12.4 Å². The summed E-state index contributed by atoms with van der Waals surface area (Å²) in [5.74, 6) is 0.778. The molecule has 0 spiro atoms. The number of nitrogens with zero attached hydrogens (tertiary/aromatic N) is 6. The standard InChI is InChI=1S/C37H31F4N5O4S.C37H32F3N5O6S.CH4/c1-21-2-9-31(34(47)44-21)46-20-24-16-26(5-7-27(24)36(46)48)50-15-14-49-13-12-43-33-18-23(10-11-42-33)22-3-6-28(29(17-22)37(39,40)41)35-45-30-8-4-25(38)19-32(30)51-35;1-49-24-4-7-29-31(19-24)52-35(43-29)27-5-2-21(17-28(27)37(38,39)40)22-10-11-41-32(18-22)42-12-13-50-14-15-51-25-3-6-26-23(16-25)20-45(36(26)48)30-8-9-33(46)44-34(30)47;/h3-8,10-11,16-19,31H,1-2,9,12-15,20H2,(H,42,43)(H,44,47);2-7,10-11,16-19,30H,8-9,12-15,20H2,1H3,(H,41,42)(H,44,46,47);1H4. The topological polar surface area (TPSA) is 238 Å². The molecule has 538 valence electrons. The number of allylic oxidation sites excluding steroid dienone is 1. The average molecular weight is 1470 g/mol. The molecule has 0 saturated carbocycles. The van der Waals surface area contributed by atoms with Gasteiger partial charge in [0.1, 0.15) is 70.0 Å². The maximum absolute atomic E-state index is 14.3. The molecule has 5 amide bonds. The number of carbonyl (C=O) groups excluding carboxylic acids is 5. The number of piperidine rings is 2. The van der Waals surface area contributed by atoms with Gasteiger partial charge in [-0.15, -0.1) is 22.7 Å². The van der Waals surface area contributed by atoms with Crippen molar-refractivity contribution < 1.29 is 78.4 Å². The number of nitrogens with one attached hydrogen (secondary N) is 4. The number of thiazole rings is 2. The number of carbonyl (C=O) groups is 5. The molecule has 10 aromatic rings. The van der Waals surface area contributed by atoms with Crippen molar-refractivity contribution in [3.8, 4) is 60.6 Å². The van der Waals surface area contributed by atoms with E-state index in [2.05, 4.69) is 47.8 Å². The second kappa shape index (κ2) is 31.4. The molecule has 29 heteroatoms. The van der Waals surface area contributed by atoms with Crippen molar-refractivity contribution in [1.82, 2.24) is 40.4 Å². The summed E-state index contributed by atoms with van der Waals surface area (Å²) in [6, 6.07) is 33.2. The van der Waals surface area contributed by atoms with Crippen LogP contribution in [0.2, 0.25) is 0 Å². The van der Waals surface area contributed by atoms with Gasteiger partial charge in [-0.1, -0.05) is 38.3 Å². The van der Waals surface area contributed by atoms with Gasteiger partial charge in [0.05, 0.1) is 65.1 Å². The summed E-state index contributed by atoms with van der Waals surface area (Å²) in [7, 11) is 1.53. The summed E-state index contributed by atoms with van der Waals surface area (Å²) < 4.78 is 129. The highest BCUT2D eigenvalue weighted by atomic mass is 32.1. The molecule has 2 saturated heterocycles. The Labute approximate surface area is 599 Å². The van der Waals surface area contributed by atoms with E-state index in [4.69, 9.17) is 23.7 Å². The number of pyridine rings is 2. The quantitative estimate of drug-likeness (QED) is 0.0265. The van der Waals surface area contributed by atoms with Crippen LogP contribution in [0.25, 0.3) is 63.8 Å². The third kappa shape index (κ3) is 16.6. The molecule has 14 rings (SSSR count). The molecule has 0 bridgehead atoms. The zero-order valence-electron chi connectivity index (χ0n) is 54.8. The van der Waals surface area contributed by atoms with E-state index in [0.717, 1.165) is 39.3 Å². The number of hydrogen-bond donors (Lipinski definition) is 4. The molecule has 4 N–H and O–H groups in total. The number of fused-ring (bicyclic) bond motifs is 4. The maximum atomic E-state index is 14.3. The second-order valence-electron chi connectivity index (χ2n) is 24.3. The maximum Gasteiger partial charge on any atom is 0.417 e. The van der Waals surface area contributed by atoms with Crippen LogP contribution >= 0.6 is 22.7 Å². The molecule has 8 heterocycles. The summed E-state index contributed by atoms with van der Waals surface area (Å²) in [4.78, 5) is 82.4. The summed E-state index contributed by atoms with van der Waals surface area (Å²) in [5.41, 5.74) is 4.45. The molecule has 0 aliphatic carbocycles. The number of anilines is 2. The first-order valence-corrected chi connectivity index (χ1v) is 34.2. The van der Waals surface area contributed by atoms with Crippen LogP contribution in [0.1, 0.15) is 76.1 Å². The first-order valence-electron chi connectivity index (χ1n) is 32.6. The summed E-state index contributed by atoms with van der Waals surface area (Å²) in [6.45, 7) is 6.88. The van der Waals surface area contributed by atoms with E-state index in [1.54, 1.807) is 89.8 Å². The highest BCUT2D eigenvalue weighted by Gasteiger charge is 2.41. The Kier molecular flexibility index (Phi) is 22.0. The van der Waals surface area contributed by atoms with Crippen LogP contribution in [0, 0.1) is 5.82 Å². The molecular weight excluding hydrogens is 1400 g/mol. The van der Waals surface area contributed by atoms with E-state index < -0.39 is 47.3 Å². The van der Waals surface area contributed by atoms with Crippen molar-refractivity contribution in [1.29, 1.82) is 0 Å². The number of imide groups is 1. The Morgan fingerprint density at radius 2 is 0.990 bits per heavy atom. The molecule has 2 fully saturated rings. The van der Waals surface area contributed by atoms with Crippen LogP contribution in [-0.4, -0.2) is 131 Å². The van der Waals surface area contributed by atoms with Gasteiger partial charge in [0.25, 0.3) is 11.8 Å². The van der Waals surface area contributed by atoms with Crippen LogP contribution in [0.5, 0.6) is 17.2 Å². The number of amides is 5.